The molecule has 198 valence electrons. The average Bonchev–Trinajstić information content (AvgIpc) is 3.55. The molecule has 1 saturated heterocycles. The van der Waals surface area contributed by atoms with Gasteiger partial charge in [0.15, 0.2) is 0 Å². The number of anilines is 2. The number of nitrogens with one attached hydrogen (secondary N) is 2. The van der Waals surface area contributed by atoms with Crippen LogP contribution in [0.3, 0.4) is 0 Å². The van der Waals surface area contributed by atoms with Gasteiger partial charge in [0.2, 0.25) is 0 Å². The van der Waals surface area contributed by atoms with Gasteiger partial charge in [-0.15, -0.1) is 0 Å². The normalized spacial score (nSPS) is 33.9. The van der Waals surface area contributed by atoms with E-state index < -0.39 is 5.60 Å². The summed E-state index contributed by atoms with van der Waals surface area (Å²) < 4.78 is 16.5. The second kappa shape index (κ2) is 8.92. The van der Waals surface area contributed by atoms with Crippen molar-refractivity contribution < 1.29 is 23.9 Å². The van der Waals surface area contributed by atoms with E-state index in [2.05, 4.69) is 25.8 Å². The zero-order valence-electron chi connectivity index (χ0n) is 21.1. The molecule has 6 atom stereocenters. The van der Waals surface area contributed by atoms with Crippen molar-refractivity contribution in [2.75, 3.05) is 50.6 Å². The maximum Gasteiger partial charge on any atom is 0.295 e. The number of amides is 1. The summed E-state index contributed by atoms with van der Waals surface area (Å²) >= 11 is 0. The summed E-state index contributed by atoms with van der Waals surface area (Å²) in [6.07, 6.45) is 7.46. The molecule has 2 aromatic rings. The summed E-state index contributed by atoms with van der Waals surface area (Å²) in [7, 11) is 1.62. The SMILES string of the molecule is COC[C@@H]1CN(C(=O)c2noc(-c3cnc4c(c3NC3[C@@H]5CC6C[C@H]3CC(O)(C6)C5)CCN4)n2)CCO1. The third kappa shape index (κ3) is 4.07. The first kappa shape index (κ1) is 23.4. The molecule has 3 unspecified atom stereocenters. The Morgan fingerprint density at radius 3 is 2.95 bits per heavy atom. The first-order chi connectivity index (χ1) is 18.0. The van der Waals surface area contributed by atoms with Crippen LogP contribution in [-0.2, 0) is 15.9 Å². The molecule has 0 aromatic carbocycles. The van der Waals surface area contributed by atoms with Gasteiger partial charge in [-0.25, -0.2) is 4.98 Å². The zero-order valence-corrected chi connectivity index (χ0v) is 21.1. The number of carbonyl (C=O) groups is 1. The van der Waals surface area contributed by atoms with E-state index in [1.165, 1.54) is 12.8 Å². The molecule has 1 amide bonds. The van der Waals surface area contributed by atoms with E-state index >= 15 is 0 Å². The molecule has 6 aliphatic rings. The van der Waals surface area contributed by atoms with E-state index in [0.717, 1.165) is 54.9 Å². The number of hydrogen-bond donors (Lipinski definition) is 3. The Morgan fingerprint density at radius 1 is 1.32 bits per heavy atom. The fraction of sp³-hybridized carbons (Fsp3) is 0.692. The lowest BCUT2D eigenvalue weighted by atomic mass is 9.52. The second-order valence-electron chi connectivity index (χ2n) is 11.5. The first-order valence-electron chi connectivity index (χ1n) is 13.5. The van der Waals surface area contributed by atoms with Crippen LogP contribution in [0.15, 0.2) is 10.7 Å². The summed E-state index contributed by atoms with van der Waals surface area (Å²) in [6.45, 7) is 2.59. The molecule has 8 rings (SSSR count). The monoisotopic (exact) mass is 510 g/mol. The number of pyridine rings is 1. The van der Waals surface area contributed by atoms with Crippen molar-refractivity contribution in [1.29, 1.82) is 0 Å². The van der Waals surface area contributed by atoms with E-state index in [4.69, 9.17) is 14.0 Å². The quantitative estimate of drug-likeness (QED) is 0.529. The molecular weight excluding hydrogens is 476 g/mol. The molecule has 0 spiro atoms. The highest BCUT2D eigenvalue weighted by Gasteiger charge is 2.55. The minimum atomic E-state index is -0.483. The fourth-order valence-electron chi connectivity index (χ4n) is 7.72. The summed E-state index contributed by atoms with van der Waals surface area (Å²) in [5.74, 6) is 2.46. The van der Waals surface area contributed by atoms with Gasteiger partial charge in [-0.1, -0.05) is 5.16 Å². The van der Waals surface area contributed by atoms with Crippen molar-refractivity contribution in [1.82, 2.24) is 20.0 Å². The number of methoxy groups -OCH3 is 1. The van der Waals surface area contributed by atoms with Gasteiger partial charge in [0.05, 0.1) is 36.2 Å². The van der Waals surface area contributed by atoms with Gasteiger partial charge < -0.3 is 34.6 Å². The maximum absolute atomic E-state index is 13.2. The minimum Gasteiger partial charge on any atom is -0.390 e. The lowest BCUT2D eigenvalue weighted by molar-refractivity contribution is -0.129. The third-order valence-corrected chi connectivity index (χ3v) is 9.03. The van der Waals surface area contributed by atoms with Crippen molar-refractivity contribution in [3.05, 3.63) is 17.6 Å². The summed E-state index contributed by atoms with van der Waals surface area (Å²) in [5.41, 5.74) is 2.32. The van der Waals surface area contributed by atoms with Crippen LogP contribution in [0.25, 0.3) is 11.5 Å². The Morgan fingerprint density at radius 2 is 2.16 bits per heavy atom. The van der Waals surface area contributed by atoms with Crippen LogP contribution in [0.5, 0.6) is 0 Å². The van der Waals surface area contributed by atoms with Crippen LogP contribution in [0, 0.1) is 17.8 Å². The highest BCUT2D eigenvalue weighted by atomic mass is 16.5. The first-order valence-corrected chi connectivity index (χ1v) is 13.5. The Hall–Kier alpha value is -2.76. The Labute approximate surface area is 215 Å². The van der Waals surface area contributed by atoms with Crippen molar-refractivity contribution in [3.63, 3.8) is 0 Å². The highest BCUT2D eigenvalue weighted by molar-refractivity contribution is 5.91. The van der Waals surface area contributed by atoms with Crippen LogP contribution < -0.4 is 10.6 Å². The van der Waals surface area contributed by atoms with Crippen LogP contribution in [0.1, 0.15) is 48.3 Å². The van der Waals surface area contributed by atoms with Crippen LogP contribution in [0.4, 0.5) is 11.5 Å². The van der Waals surface area contributed by atoms with Gasteiger partial charge in [-0.2, -0.15) is 4.98 Å². The van der Waals surface area contributed by atoms with E-state index in [1.807, 2.05) is 0 Å². The number of carbonyl (C=O) groups excluding carboxylic acids is 1. The summed E-state index contributed by atoms with van der Waals surface area (Å²) in [6, 6.07) is 0.290. The van der Waals surface area contributed by atoms with E-state index in [9.17, 15) is 9.90 Å². The van der Waals surface area contributed by atoms with E-state index in [-0.39, 0.29) is 29.8 Å². The number of ether oxygens (including phenoxy) is 2. The molecule has 2 aromatic heterocycles. The molecule has 11 nitrogen and oxygen atoms in total. The molecule has 4 bridgehead atoms. The van der Waals surface area contributed by atoms with Gasteiger partial charge >= 0.3 is 0 Å². The van der Waals surface area contributed by atoms with Crippen LogP contribution >= 0.6 is 0 Å². The number of rotatable bonds is 6. The number of nitrogens with zero attached hydrogens (tertiary/aromatic N) is 4. The average molecular weight is 511 g/mol. The summed E-state index contributed by atoms with van der Waals surface area (Å²) in [4.78, 5) is 24.0. The third-order valence-electron chi connectivity index (χ3n) is 9.03. The number of morpholine rings is 1. The van der Waals surface area contributed by atoms with Gasteiger partial charge in [0.1, 0.15) is 5.82 Å². The Kier molecular flexibility index (Phi) is 5.63. The van der Waals surface area contributed by atoms with E-state index in [0.29, 0.717) is 44.1 Å². The number of aliphatic hydroxyl groups is 1. The Balaban J connectivity index is 1.17. The van der Waals surface area contributed by atoms with Crippen molar-refractivity contribution >= 4 is 17.4 Å². The molecule has 0 radical (unpaired) electrons. The number of hydrogen-bond acceptors (Lipinski definition) is 10. The number of fused-ring (bicyclic) bond motifs is 1. The van der Waals surface area contributed by atoms with E-state index in [1.54, 1.807) is 18.2 Å². The summed E-state index contributed by atoms with van der Waals surface area (Å²) in [5, 5.41) is 22.4. The molecule has 3 N–H and O–H groups in total. The molecule has 5 fully saturated rings. The Bertz CT molecular complexity index is 1180. The predicted molar refractivity (Wildman–Crippen MR) is 133 cm³/mol. The standard InChI is InChI=1S/C26H34N6O5/c1-35-13-17-12-32(4-5-36-17)25(33)23-30-24(37-31-23)19-11-28-22-18(2-3-27-22)21(19)29-20-15-6-14-7-16(20)10-26(34,8-14)9-15/h11,14-17,20,34H,2-10,12-13H2,1H3,(H2,27,28,29)/t14?,15-,16+,17-,20?,26?/m0/s1. The van der Waals surface area contributed by atoms with Gasteiger partial charge in [-0.05, 0) is 56.3 Å². The van der Waals surface area contributed by atoms with Crippen LogP contribution in [0.2, 0.25) is 0 Å². The zero-order chi connectivity index (χ0) is 25.1. The maximum atomic E-state index is 13.2. The molecule has 2 aliphatic heterocycles. The predicted octanol–water partition coefficient (Wildman–Crippen LogP) is 1.94. The van der Waals surface area contributed by atoms with Crippen LogP contribution in [-0.4, -0.2) is 88.7 Å². The van der Waals surface area contributed by atoms with Gasteiger partial charge in [-0.3, -0.25) is 4.79 Å². The largest absolute Gasteiger partial charge is 0.390 e. The topological polar surface area (TPSA) is 135 Å². The molecule has 4 aliphatic carbocycles. The lowest BCUT2D eigenvalue weighted by Gasteiger charge is -2.58. The molecular formula is C26H34N6O5. The second-order valence-corrected chi connectivity index (χ2v) is 11.5. The van der Waals surface area contributed by atoms with Crippen molar-refractivity contribution in [2.24, 2.45) is 17.8 Å². The van der Waals surface area contributed by atoms with Crippen molar-refractivity contribution in [2.45, 2.75) is 56.3 Å². The lowest BCUT2D eigenvalue weighted by Crippen LogP contribution is -2.59. The van der Waals surface area contributed by atoms with Gasteiger partial charge in [0.25, 0.3) is 17.6 Å². The van der Waals surface area contributed by atoms with Crippen molar-refractivity contribution in [3.8, 4) is 11.5 Å². The van der Waals surface area contributed by atoms with Gasteiger partial charge in [0, 0.05) is 44.5 Å². The number of aromatic nitrogens is 3. The molecule has 4 heterocycles. The highest BCUT2D eigenvalue weighted by Crippen LogP contribution is 2.56. The molecule has 37 heavy (non-hydrogen) atoms. The fourth-order valence-corrected chi connectivity index (χ4v) is 7.72. The smallest absolute Gasteiger partial charge is 0.295 e. The molecule has 4 saturated carbocycles. The minimum absolute atomic E-state index is 0.0366. The molecule has 11 heteroatoms.